The molecular formula is C12H16BrFN2O. The molecule has 0 bridgehead atoms. The van der Waals surface area contributed by atoms with E-state index in [4.69, 9.17) is 5.73 Å². The van der Waals surface area contributed by atoms with Crippen LogP contribution in [-0.4, -0.2) is 12.5 Å². The third-order valence-corrected chi connectivity index (χ3v) is 3.05. The smallest absolute Gasteiger partial charge is 0.252 e. The predicted molar refractivity (Wildman–Crippen MR) is 70.4 cm³/mol. The van der Waals surface area contributed by atoms with Crippen LogP contribution in [0.3, 0.4) is 0 Å². The average molecular weight is 303 g/mol. The van der Waals surface area contributed by atoms with Crippen LogP contribution in [0.4, 0.5) is 10.1 Å². The number of benzene rings is 1. The van der Waals surface area contributed by atoms with Crippen LogP contribution >= 0.6 is 15.9 Å². The summed E-state index contributed by atoms with van der Waals surface area (Å²) in [6.45, 7) is 2.72. The van der Waals surface area contributed by atoms with Gasteiger partial charge >= 0.3 is 0 Å². The molecule has 1 rings (SSSR count). The summed E-state index contributed by atoms with van der Waals surface area (Å²) in [5.41, 5.74) is 5.77. The Bertz CT molecular complexity index is 410. The molecule has 0 radical (unpaired) electrons. The van der Waals surface area contributed by atoms with Crippen LogP contribution in [0.5, 0.6) is 0 Å². The van der Waals surface area contributed by atoms with Crippen molar-refractivity contribution >= 4 is 27.5 Å². The van der Waals surface area contributed by atoms with E-state index in [9.17, 15) is 9.18 Å². The van der Waals surface area contributed by atoms with Gasteiger partial charge in [-0.15, -0.1) is 0 Å². The van der Waals surface area contributed by atoms with Crippen molar-refractivity contribution in [3.05, 3.63) is 28.0 Å². The Kier molecular flexibility index (Phi) is 5.41. The van der Waals surface area contributed by atoms with Gasteiger partial charge in [-0.1, -0.05) is 19.8 Å². The molecule has 0 aliphatic heterocycles. The molecule has 0 aliphatic rings. The van der Waals surface area contributed by atoms with Gasteiger partial charge in [0.05, 0.1) is 11.3 Å². The van der Waals surface area contributed by atoms with E-state index in [-0.39, 0.29) is 11.6 Å². The van der Waals surface area contributed by atoms with Crippen molar-refractivity contribution in [2.45, 2.75) is 26.2 Å². The lowest BCUT2D eigenvalue weighted by Crippen LogP contribution is -2.25. The fourth-order valence-electron chi connectivity index (χ4n) is 1.41. The average Bonchev–Trinajstić information content (AvgIpc) is 2.29. The molecule has 17 heavy (non-hydrogen) atoms. The standard InChI is InChI=1S/C12H16BrFN2O/c1-2-3-4-5-16-12(17)8-6-11(15)10(14)7-9(8)13/h6-7H,2-5,15H2,1H3,(H,16,17). The molecule has 0 aromatic heterocycles. The lowest BCUT2D eigenvalue weighted by molar-refractivity contribution is 0.0952. The highest BCUT2D eigenvalue weighted by Crippen LogP contribution is 2.22. The lowest BCUT2D eigenvalue weighted by atomic mass is 10.1. The number of carbonyl (C=O) groups excluding carboxylic acids is 1. The van der Waals surface area contributed by atoms with Gasteiger partial charge in [-0.25, -0.2) is 4.39 Å². The molecule has 0 unspecified atom stereocenters. The second-order valence-electron chi connectivity index (χ2n) is 3.82. The van der Waals surface area contributed by atoms with Crippen LogP contribution in [0.2, 0.25) is 0 Å². The van der Waals surface area contributed by atoms with E-state index in [2.05, 4.69) is 28.2 Å². The van der Waals surface area contributed by atoms with Crippen LogP contribution in [0, 0.1) is 5.82 Å². The number of anilines is 1. The van der Waals surface area contributed by atoms with E-state index in [1.807, 2.05) is 0 Å². The molecule has 94 valence electrons. The van der Waals surface area contributed by atoms with Gasteiger partial charge in [0, 0.05) is 11.0 Å². The first kappa shape index (κ1) is 14.0. The van der Waals surface area contributed by atoms with E-state index in [0.29, 0.717) is 16.6 Å². The summed E-state index contributed by atoms with van der Waals surface area (Å²) in [6.07, 6.45) is 3.12. The van der Waals surface area contributed by atoms with Gasteiger partial charge < -0.3 is 11.1 Å². The van der Waals surface area contributed by atoms with E-state index in [1.54, 1.807) is 0 Å². The molecule has 0 saturated carbocycles. The zero-order chi connectivity index (χ0) is 12.8. The quantitative estimate of drug-likeness (QED) is 0.649. The fraction of sp³-hybridized carbons (Fsp3) is 0.417. The van der Waals surface area contributed by atoms with Gasteiger partial charge in [0.15, 0.2) is 0 Å². The van der Waals surface area contributed by atoms with Crippen LogP contribution in [0.15, 0.2) is 16.6 Å². The third kappa shape index (κ3) is 4.00. The largest absolute Gasteiger partial charge is 0.396 e. The molecule has 3 nitrogen and oxygen atoms in total. The zero-order valence-corrected chi connectivity index (χ0v) is 11.3. The maximum absolute atomic E-state index is 13.1. The summed E-state index contributed by atoms with van der Waals surface area (Å²) < 4.78 is 13.5. The first-order valence-corrected chi connectivity index (χ1v) is 6.38. The summed E-state index contributed by atoms with van der Waals surface area (Å²) in [5.74, 6) is -0.765. The van der Waals surface area contributed by atoms with Crippen LogP contribution in [-0.2, 0) is 0 Å². The van der Waals surface area contributed by atoms with Crippen LogP contribution < -0.4 is 11.1 Å². The number of rotatable bonds is 5. The number of amides is 1. The Morgan fingerprint density at radius 1 is 1.47 bits per heavy atom. The summed E-state index contributed by atoms with van der Waals surface area (Å²) in [7, 11) is 0. The molecule has 0 atom stereocenters. The normalized spacial score (nSPS) is 10.3. The summed E-state index contributed by atoms with van der Waals surface area (Å²) in [4.78, 5) is 11.8. The maximum atomic E-state index is 13.1. The van der Waals surface area contributed by atoms with Crippen LogP contribution in [0.25, 0.3) is 0 Å². The molecule has 0 aliphatic carbocycles. The van der Waals surface area contributed by atoms with Gasteiger partial charge in [0.2, 0.25) is 0 Å². The van der Waals surface area contributed by atoms with Crippen LogP contribution in [0.1, 0.15) is 36.5 Å². The SMILES string of the molecule is CCCCCNC(=O)c1cc(N)c(F)cc1Br. The first-order chi connectivity index (χ1) is 8.06. The molecule has 1 aromatic carbocycles. The van der Waals surface area contributed by atoms with Crippen molar-refractivity contribution in [3.63, 3.8) is 0 Å². The minimum Gasteiger partial charge on any atom is -0.396 e. The summed E-state index contributed by atoms with van der Waals surface area (Å²) in [5, 5.41) is 2.77. The molecule has 3 N–H and O–H groups in total. The number of halogens is 2. The van der Waals surface area contributed by atoms with Crippen molar-refractivity contribution < 1.29 is 9.18 Å². The van der Waals surface area contributed by atoms with Gasteiger partial charge in [-0.05, 0) is 34.5 Å². The van der Waals surface area contributed by atoms with Gasteiger partial charge in [-0.3, -0.25) is 4.79 Å². The predicted octanol–water partition coefficient (Wildman–Crippen LogP) is 3.09. The molecule has 0 saturated heterocycles. The Balaban J connectivity index is 2.66. The monoisotopic (exact) mass is 302 g/mol. The molecule has 0 fully saturated rings. The first-order valence-electron chi connectivity index (χ1n) is 5.59. The van der Waals surface area contributed by atoms with Crippen molar-refractivity contribution in [3.8, 4) is 0 Å². The zero-order valence-electron chi connectivity index (χ0n) is 9.72. The molecule has 0 spiro atoms. The third-order valence-electron chi connectivity index (χ3n) is 2.40. The topological polar surface area (TPSA) is 55.1 Å². The van der Waals surface area contributed by atoms with Crippen molar-refractivity contribution in [2.24, 2.45) is 0 Å². The Labute approximate surface area is 109 Å². The number of nitrogens with two attached hydrogens (primary N) is 1. The fourth-order valence-corrected chi connectivity index (χ4v) is 1.91. The van der Waals surface area contributed by atoms with Gasteiger partial charge in [0.25, 0.3) is 5.91 Å². The lowest BCUT2D eigenvalue weighted by Gasteiger charge is -2.08. The second kappa shape index (κ2) is 6.59. The Morgan fingerprint density at radius 3 is 2.82 bits per heavy atom. The number of hydrogen-bond donors (Lipinski definition) is 2. The number of unbranched alkanes of at least 4 members (excludes halogenated alkanes) is 2. The van der Waals surface area contributed by atoms with E-state index in [1.165, 1.54) is 12.1 Å². The summed E-state index contributed by atoms with van der Waals surface area (Å²) in [6, 6.07) is 2.55. The highest BCUT2D eigenvalue weighted by Gasteiger charge is 2.12. The Morgan fingerprint density at radius 2 is 2.18 bits per heavy atom. The van der Waals surface area contributed by atoms with Crippen molar-refractivity contribution in [2.75, 3.05) is 12.3 Å². The molecule has 5 heteroatoms. The maximum Gasteiger partial charge on any atom is 0.252 e. The van der Waals surface area contributed by atoms with Gasteiger partial charge in [0.1, 0.15) is 5.82 Å². The Hall–Kier alpha value is -1.10. The number of nitrogen functional groups attached to an aromatic ring is 1. The molecule has 0 heterocycles. The van der Waals surface area contributed by atoms with Gasteiger partial charge in [-0.2, -0.15) is 0 Å². The number of hydrogen-bond acceptors (Lipinski definition) is 2. The molecule has 1 aromatic rings. The minimum atomic E-state index is -0.528. The number of nitrogens with one attached hydrogen (secondary N) is 1. The minimum absolute atomic E-state index is 0.0214. The highest BCUT2D eigenvalue weighted by atomic mass is 79.9. The van der Waals surface area contributed by atoms with E-state index >= 15 is 0 Å². The molecule has 1 amide bonds. The van der Waals surface area contributed by atoms with Crippen molar-refractivity contribution in [1.29, 1.82) is 0 Å². The van der Waals surface area contributed by atoms with E-state index in [0.717, 1.165) is 19.3 Å². The molecular weight excluding hydrogens is 287 g/mol. The highest BCUT2D eigenvalue weighted by molar-refractivity contribution is 9.10. The van der Waals surface area contributed by atoms with Crippen molar-refractivity contribution in [1.82, 2.24) is 5.32 Å². The second-order valence-corrected chi connectivity index (χ2v) is 4.67. The van der Waals surface area contributed by atoms with E-state index < -0.39 is 5.82 Å². The summed E-state index contributed by atoms with van der Waals surface area (Å²) >= 11 is 3.15. The number of carbonyl (C=O) groups is 1.